The number of rotatable bonds is 5. The minimum absolute atomic E-state index is 0.106. The predicted octanol–water partition coefficient (Wildman–Crippen LogP) is 1.65. The number of aromatic nitrogens is 2. The summed E-state index contributed by atoms with van der Waals surface area (Å²) in [5, 5.41) is 6.35. The molecule has 0 bridgehead atoms. The summed E-state index contributed by atoms with van der Waals surface area (Å²) < 4.78 is 1.43. The Bertz CT molecular complexity index is 955. The van der Waals surface area contributed by atoms with Crippen molar-refractivity contribution < 1.29 is 9.59 Å². The zero-order chi connectivity index (χ0) is 18.7. The Morgan fingerprint density at radius 2 is 2.08 bits per heavy atom. The van der Waals surface area contributed by atoms with Crippen LogP contribution in [0.5, 0.6) is 0 Å². The normalized spacial score (nSPS) is 17.0. The maximum Gasteiger partial charge on any atom is 0.261 e. The van der Waals surface area contributed by atoms with Crippen molar-refractivity contribution in [3.8, 4) is 0 Å². The quantitative estimate of drug-likeness (QED) is 0.754. The zero-order valence-corrected chi connectivity index (χ0v) is 15.2. The molecule has 26 heavy (non-hydrogen) atoms. The molecule has 1 saturated heterocycles. The van der Waals surface area contributed by atoms with E-state index in [1.54, 1.807) is 18.2 Å². The van der Waals surface area contributed by atoms with Crippen LogP contribution < -0.4 is 16.2 Å². The highest BCUT2D eigenvalue weighted by molar-refractivity contribution is 6.42. The summed E-state index contributed by atoms with van der Waals surface area (Å²) in [6.07, 6.45) is 5.81. The van der Waals surface area contributed by atoms with Gasteiger partial charge in [-0.25, -0.2) is 4.98 Å². The third-order valence-electron chi connectivity index (χ3n) is 4.04. The van der Waals surface area contributed by atoms with Gasteiger partial charge in [-0.2, -0.15) is 0 Å². The third-order valence-corrected chi connectivity index (χ3v) is 4.76. The van der Waals surface area contributed by atoms with Gasteiger partial charge < -0.3 is 10.6 Å². The molecule has 2 N–H and O–H groups in total. The molecule has 2 aromatic rings. The van der Waals surface area contributed by atoms with E-state index in [1.165, 1.54) is 17.0 Å². The van der Waals surface area contributed by atoms with Crippen LogP contribution in [0.4, 0.5) is 0 Å². The Balaban J connectivity index is 1.59. The number of amides is 2. The molecule has 136 valence electrons. The topological polar surface area (TPSA) is 93.1 Å². The van der Waals surface area contributed by atoms with E-state index in [0.29, 0.717) is 46.9 Å². The number of allylic oxidation sites excluding steroid dienone is 1. The van der Waals surface area contributed by atoms with Gasteiger partial charge in [-0.3, -0.25) is 19.0 Å². The van der Waals surface area contributed by atoms with Crippen molar-refractivity contribution in [1.29, 1.82) is 0 Å². The van der Waals surface area contributed by atoms with E-state index in [4.69, 9.17) is 23.2 Å². The Hall–Kier alpha value is -2.38. The van der Waals surface area contributed by atoms with Crippen LogP contribution in [0.1, 0.15) is 12.8 Å². The van der Waals surface area contributed by atoms with Crippen LogP contribution in [-0.2, 0) is 16.1 Å². The maximum absolute atomic E-state index is 12.4. The van der Waals surface area contributed by atoms with Gasteiger partial charge in [0.05, 0.1) is 27.3 Å². The summed E-state index contributed by atoms with van der Waals surface area (Å²) in [6.45, 7) is 0.612. The molecule has 2 amide bonds. The van der Waals surface area contributed by atoms with Crippen molar-refractivity contribution in [1.82, 2.24) is 20.2 Å². The lowest BCUT2D eigenvalue weighted by Crippen LogP contribution is -2.41. The smallest absolute Gasteiger partial charge is 0.261 e. The largest absolute Gasteiger partial charge is 0.351 e. The minimum Gasteiger partial charge on any atom is -0.351 e. The molecule has 0 saturated carbocycles. The standard InChI is InChI=1S/C17H16Cl2N4O3/c18-11-7-10-14(8-12(11)19)21-9-23(17(10)26)6-2-1-5-20-16(25)13-3-4-15(24)22-13/h1-2,7-9,13H,3-6H2,(H,20,25)(H,22,24)/b2-1+/t13-/m0/s1. The predicted molar refractivity (Wildman–Crippen MR) is 99.3 cm³/mol. The first-order valence-electron chi connectivity index (χ1n) is 8.02. The number of hydrogen-bond donors (Lipinski definition) is 2. The molecular weight excluding hydrogens is 379 g/mol. The highest BCUT2D eigenvalue weighted by atomic mass is 35.5. The van der Waals surface area contributed by atoms with E-state index in [-0.39, 0.29) is 17.4 Å². The first-order chi connectivity index (χ1) is 12.5. The van der Waals surface area contributed by atoms with Crippen LogP contribution in [0.25, 0.3) is 10.9 Å². The van der Waals surface area contributed by atoms with E-state index >= 15 is 0 Å². The van der Waals surface area contributed by atoms with Gasteiger partial charge in [0.25, 0.3) is 5.56 Å². The molecule has 1 aromatic heterocycles. The number of carbonyl (C=O) groups excluding carboxylic acids is 2. The molecule has 1 aliphatic heterocycles. The lowest BCUT2D eigenvalue weighted by atomic mass is 10.2. The second-order valence-electron chi connectivity index (χ2n) is 5.86. The van der Waals surface area contributed by atoms with Gasteiger partial charge in [-0.15, -0.1) is 0 Å². The average molecular weight is 395 g/mol. The van der Waals surface area contributed by atoms with Crippen LogP contribution in [-0.4, -0.2) is 34.0 Å². The first-order valence-corrected chi connectivity index (χ1v) is 8.77. The van der Waals surface area contributed by atoms with Gasteiger partial charge in [0.1, 0.15) is 6.04 Å². The zero-order valence-electron chi connectivity index (χ0n) is 13.7. The van der Waals surface area contributed by atoms with Gasteiger partial charge in [0, 0.05) is 19.5 Å². The van der Waals surface area contributed by atoms with E-state index in [1.807, 2.05) is 0 Å². The summed E-state index contributed by atoms with van der Waals surface area (Å²) in [6, 6.07) is 2.60. The molecule has 1 atom stereocenters. The fraction of sp³-hybridized carbons (Fsp3) is 0.294. The summed E-state index contributed by atoms with van der Waals surface area (Å²) in [5.41, 5.74) is 0.256. The van der Waals surface area contributed by atoms with Crippen LogP contribution >= 0.6 is 23.2 Å². The molecule has 0 aliphatic carbocycles. The van der Waals surface area contributed by atoms with E-state index in [0.717, 1.165) is 0 Å². The van der Waals surface area contributed by atoms with Crippen LogP contribution in [0.3, 0.4) is 0 Å². The van der Waals surface area contributed by atoms with E-state index in [9.17, 15) is 14.4 Å². The fourth-order valence-electron chi connectivity index (χ4n) is 2.65. The van der Waals surface area contributed by atoms with Gasteiger partial charge >= 0.3 is 0 Å². The Morgan fingerprint density at radius 1 is 1.31 bits per heavy atom. The molecule has 1 aromatic carbocycles. The highest BCUT2D eigenvalue weighted by Crippen LogP contribution is 2.25. The monoisotopic (exact) mass is 394 g/mol. The second kappa shape index (κ2) is 7.88. The molecule has 2 heterocycles. The van der Waals surface area contributed by atoms with Gasteiger partial charge in [0.2, 0.25) is 11.8 Å². The molecular formula is C17H16Cl2N4O3. The number of halogens is 2. The van der Waals surface area contributed by atoms with E-state index in [2.05, 4.69) is 15.6 Å². The van der Waals surface area contributed by atoms with Crippen molar-refractivity contribution in [2.24, 2.45) is 0 Å². The molecule has 7 nitrogen and oxygen atoms in total. The average Bonchev–Trinajstić information content (AvgIpc) is 3.05. The number of carbonyl (C=O) groups is 2. The van der Waals surface area contributed by atoms with Crippen LogP contribution in [0, 0.1) is 0 Å². The SMILES string of the molecule is O=C1CC[C@@H](C(=O)NC/C=C/Cn2cnc3cc(Cl)c(Cl)cc3c2=O)N1. The van der Waals surface area contributed by atoms with Crippen LogP contribution in [0.15, 0.2) is 35.4 Å². The number of nitrogens with zero attached hydrogens (tertiary/aromatic N) is 2. The molecule has 0 spiro atoms. The summed E-state index contributed by atoms with van der Waals surface area (Å²) in [4.78, 5) is 39.6. The lowest BCUT2D eigenvalue weighted by Gasteiger charge is -2.09. The highest BCUT2D eigenvalue weighted by Gasteiger charge is 2.26. The summed E-state index contributed by atoms with van der Waals surface area (Å²) >= 11 is 11.9. The minimum atomic E-state index is -0.459. The third kappa shape index (κ3) is 4.05. The number of benzene rings is 1. The van der Waals surface area contributed by atoms with E-state index < -0.39 is 6.04 Å². The molecule has 3 rings (SSSR count). The van der Waals surface area contributed by atoms with Crippen molar-refractivity contribution in [3.63, 3.8) is 0 Å². The van der Waals surface area contributed by atoms with Gasteiger partial charge in [0.15, 0.2) is 0 Å². The van der Waals surface area contributed by atoms with Crippen molar-refractivity contribution in [2.45, 2.75) is 25.4 Å². The van der Waals surface area contributed by atoms with Gasteiger partial charge in [-0.05, 0) is 18.6 Å². The molecule has 0 radical (unpaired) electrons. The summed E-state index contributed by atoms with van der Waals surface area (Å²) in [5.74, 6) is -0.318. The summed E-state index contributed by atoms with van der Waals surface area (Å²) in [7, 11) is 0. The lowest BCUT2D eigenvalue weighted by molar-refractivity contribution is -0.125. The van der Waals surface area contributed by atoms with Crippen molar-refractivity contribution in [3.05, 3.63) is 51.0 Å². The van der Waals surface area contributed by atoms with Crippen molar-refractivity contribution >= 4 is 45.9 Å². The first kappa shape index (κ1) is 18.4. The molecule has 1 fully saturated rings. The molecule has 9 heteroatoms. The number of nitrogens with one attached hydrogen (secondary N) is 2. The number of fused-ring (bicyclic) bond motifs is 1. The Labute approximate surface area is 159 Å². The number of hydrogen-bond acceptors (Lipinski definition) is 4. The van der Waals surface area contributed by atoms with Crippen LogP contribution in [0.2, 0.25) is 10.0 Å². The fourth-order valence-corrected chi connectivity index (χ4v) is 2.97. The van der Waals surface area contributed by atoms with Crippen molar-refractivity contribution in [2.75, 3.05) is 6.54 Å². The maximum atomic E-state index is 12.4. The Morgan fingerprint density at radius 3 is 2.81 bits per heavy atom. The van der Waals surface area contributed by atoms with Gasteiger partial charge in [-0.1, -0.05) is 35.4 Å². The second-order valence-corrected chi connectivity index (χ2v) is 6.68. The Kier molecular flexibility index (Phi) is 5.58. The molecule has 0 unspecified atom stereocenters. The molecule has 1 aliphatic rings.